The van der Waals surface area contributed by atoms with E-state index in [0.29, 0.717) is 25.4 Å². The Morgan fingerprint density at radius 2 is 1.95 bits per heavy atom. The zero-order valence-electron chi connectivity index (χ0n) is 11.7. The molecule has 0 aromatic heterocycles. The normalized spacial score (nSPS) is 17.6. The SMILES string of the molecule is CC(C)CCOCCS(=O)(=O)CC1(CC(=O)O)CC1. The Bertz CT molecular complexity index is 395. The van der Waals surface area contributed by atoms with Gasteiger partial charge in [0.05, 0.1) is 24.5 Å². The first-order valence-corrected chi connectivity index (χ1v) is 8.57. The van der Waals surface area contributed by atoms with Crippen molar-refractivity contribution < 1.29 is 23.1 Å². The van der Waals surface area contributed by atoms with E-state index in [9.17, 15) is 13.2 Å². The monoisotopic (exact) mass is 292 g/mol. The van der Waals surface area contributed by atoms with E-state index in [1.54, 1.807) is 0 Å². The molecule has 0 aliphatic heterocycles. The lowest BCUT2D eigenvalue weighted by Crippen LogP contribution is -2.24. The summed E-state index contributed by atoms with van der Waals surface area (Å²) in [5.41, 5.74) is -0.497. The summed E-state index contributed by atoms with van der Waals surface area (Å²) >= 11 is 0. The molecule has 1 N–H and O–H groups in total. The molecule has 112 valence electrons. The second-order valence-corrected chi connectivity index (χ2v) is 8.14. The van der Waals surface area contributed by atoms with Gasteiger partial charge in [-0.25, -0.2) is 8.42 Å². The summed E-state index contributed by atoms with van der Waals surface area (Å²) in [7, 11) is -3.21. The van der Waals surface area contributed by atoms with Crippen molar-refractivity contribution in [2.45, 2.75) is 39.5 Å². The molecule has 1 rings (SSSR count). The molecule has 1 saturated carbocycles. The van der Waals surface area contributed by atoms with Gasteiger partial charge in [0.25, 0.3) is 0 Å². The highest BCUT2D eigenvalue weighted by molar-refractivity contribution is 7.91. The first kappa shape index (κ1) is 16.4. The molecule has 1 aliphatic rings. The first-order chi connectivity index (χ1) is 8.75. The molecule has 1 fully saturated rings. The first-order valence-electron chi connectivity index (χ1n) is 6.75. The fourth-order valence-corrected chi connectivity index (χ4v) is 3.86. The molecule has 0 atom stereocenters. The number of hydrogen-bond acceptors (Lipinski definition) is 4. The van der Waals surface area contributed by atoms with Gasteiger partial charge in [-0.1, -0.05) is 13.8 Å². The highest BCUT2D eigenvalue weighted by atomic mass is 32.2. The van der Waals surface area contributed by atoms with Crippen LogP contribution in [0.4, 0.5) is 0 Å². The van der Waals surface area contributed by atoms with Crippen molar-refractivity contribution in [2.24, 2.45) is 11.3 Å². The topological polar surface area (TPSA) is 80.7 Å². The lowest BCUT2D eigenvalue weighted by atomic mass is 10.1. The van der Waals surface area contributed by atoms with Gasteiger partial charge >= 0.3 is 5.97 Å². The molecule has 0 radical (unpaired) electrons. The minimum atomic E-state index is -3.21. The summed E-state index contributed by atoms with van der Waals surface area (Å²) in [5, 5.41) is 8.76. The van der Waals surface area contributed by atoms with Gasteiger partial charge in [-0.2, -0.15) is 0 Å². The van der Waals surface area contributed by atoms with Crippen LogP contribution < -0.4 is 0 Å². The number of carboxylic acid groups (broad SMARTS) is 1. The van der Waals surface area contributed by atoms with E-state index < -0.39 is 21.2 Å². The molecule has 0 bridgehead atoms. The molecule has 1 aliphatic carbocycles. The summed E-state index contributed by atoms with van der Waals surface area (Å²) in [6.07, 6.45) is 2.28. The van der Waals surface area contributed by atoms with E-state index in [2.05, 4.69) is 13.8 Å². The van der Waals surface area contributed by atoms with Crippen LogP contribution in [0, 0.1) is 11.3 Å². The summed E-state index contributed by atoms with van der Waals surface area (Å²) < 4.78 is 29.1. The molecular formula is C13H24O5S. The molecule has 0 heterocycles. The largest absolute Gasteiger partial charge is 0.481 e. The maximum absolute atomic E-state index is 11.9. The molecule has 0 saturated heterocycles. The van der Waals surface area contributed by atoms with Crippen LogP contribution in [0.5, 0.6) is 0 Å². The van der Waals surface area contributed by atoms with Crippen LogP contribution in [0.25, 0.3) is 0 Å². The molecule has 19 heavy (non-hydrogen) atoms. The van der Waals surface area contributed by atoms with E-state index in [-0.39, 0.29) is 24.5 Å². The van der Waals surface area contributed by atoms with Crippen LogP contribution in [0.1, 0.15) is 39.5 Å². The standard InChI is InChI=1S/C13H24O5S/c1-11(2)3-6-18-7-8-19(16,17)10-13(4-5-13)9-12(14)15/h11H,3-10H2,1-2H3,(H,14,15). The molecule has 5 nitrogen and oxygen atoms in total. The third-order valence-corrected chi connectivity index (χ3v) is 5.23. The maximum Gasteiger partial charge on any atom is 0.303 e. The molecular weight excluding hydrogens is 268 g/mol. The minimum absolute atomic E-state index is 0.00748. The van der Waals surface area contributed by atoms with E-state index in [1.807, 2.05) is 0 Å². The van der Waals surface area contributed by atoms with Crippen molar-refractivity contribution in [3.63, 3.8) is 0 Å². The van der Waals surface area contributed by atoms with E-state index in [1.165, 1.54) is 0 Å². The zero-order chi connectivity index (χ0) is 14.5. The smallest absolute Gasteiger partial charge is 0.303 e. The fraction of sp³-hybridized carbons (Fsp3) is 0.923. The Balaban J connectivity index is 2.27. The Morgan fingerprint density at radius 3 is 2.42 bits per heavy atom. The predicted molar refractivity (Wildman–Crippen MR) is 72.8 cm³/mol. The Morgan fingerprint density at radius 1 is 1.32 bits per heavy atom. The molecule has 0 amide bonds. The number of rotatable bonds is 10. The van der Waals surface area contributed by atoms with Crippen molar-refractivity contribution in [2.75, 3.05) is 24.7 Å². The van der Waals surface area contributed by atoms with Gasteiger partial charge in [0.1, 0.15) is 0 Å². The highest BCUT2D eigenvalue weighted by Gasteiger charge is 2.47. The zero-order valence-corrected chi connectivity index (χ0v) is 12.5. The third kappa shape index (κ3) is 6.92. The van der Waals surface area contributed by atoms with E-state index in [0.717, 1.165) is 6.42 Å². The average molecular weight is 292 g/mol. The van der Waals surface area contributed by atoms with Crippen LogP contribution in [-0.2, 0) is 19.4 Å². The summed E-state index contributed by atoms with van der Waals surface area (Å²) in [6.45, 7) is 4.96. The number of carboxylic acids is 1. The summed E-state index contributed by atoms with van der Waals surface area (Å²) in [4.78, 5) is 10.7. The Hall–Kier alpha value is -0.620. The minimum Gasteiger partial charge on any atom is -0.481 e. The Labute approximate surface area is 115 Å². The second kappa shape index (κ2) is 6.70. The van der Waals surface area contributed by atoms with Crippen LogP contribution >= 0.6 is 0 Å². The summed E-state index contributed by atoms with van der Waals surface area (Å²) in [6, 6.07) is 0. The lowest BCUT2D eigenvalue weighted by molar-refractivity contribution is -0.138. The molecule has 6 heteroatoms. The van der Waals surface area contributed by atoms with Crippen LogP contribution in [0.15, 0.2) is 0 Å². The number of aliphatic carboxylic acids is 1. The highest BCUT2D eigenvalue weighted by Crippen LogP contribution is 2.49. The summed E-state index contributed by atoms with van der Waals surface area (Å²) in [5.74, 6) is -0.394. The number of sulfone groups is 1. The van der Waals surface area contributed by atoms with Crippen molar-refractivity contribution >= 4 is 15.8 Å². The van der Waals surface area contributed by atoms with Gasteiger partial charge in [-0.3, -0.25) is 4.79 Å². The molecule has 0 aromatic carbocycles. The van der Waals surface area contributed by atoms with Crippen molar-refractivity contribution in [3.8, 4) is 0 Å². The fourth-order valence-electron chi connectivity index (χ4n) is 2.02. The van der Waals surface area contributed by atoms with Crippen molar-refractivity contribution in [3.05, 3.63) is 0 Å². The number of ether oxygens (including phenoxy) is 1. The van der Waals surface area contributed by atoms with E-state index in [4.69, 9.17) is 9.84 Å². The van der Waals surface area contributed by atoms with Crippen LogP contribution in [-0.4, -0.2) is 44.2 Å². The van der Waals surface area contributed by atoms with Gasteiger partial charge in [-0.15, -0.1) is 0 Å². The van der Waals surface area contributed by atoms with Gasteiger partial charge < -0.3 is 9.84 Å². The van der Waals surface area contributed by atoms with E-state index >= 15 is 0 Å². The van der Waals surface area contributed by atoms with Crippen LogP contribution in [0.2, 0.25) is 0 Å². The maximum atomic E-state index is 11.9. The third-order valence-electron chi connectivity index (χ3n) is 3.39. The van der Waals surface area contributed by atoms with Gasteiger partial charge in [-0.05, 0) is 30.6 Å². The van der Waals surface area contributed by atoms with Gasteiger partial charge in [0.15, 0.2) is 9.84 Å². The lowest BCUT2D eigenvalue weighted by Gasteiger charge is -2.13. The number of carbonyl (C=O) groups is 1. The molecule has 0 unspecified atom stereocenters. The number of hydrogen-bond donors (Lipinski definition) is 1. The van der Waals surface area contributed by atoms with Gasteiger partial charge in [0.2, 0.25) is 0 Å². The van der Waals surface area contributed by atoms with Crippen LogP contribution in [0.3, 0.4) is 0 Å². The van der Waals surface area contributed by atoms with Crippen molar-refractivity contribution in [1.29, 1.82) is 0 Å². The predicted octanol–water partition coefficient (Wildman–Crippen LogP) is 1.72. The quantitative estimate of drug-likeness (QED) is 0.620. The van der Waals surface area contributed by atoms with Crippen molar-refractivity contribution in [1.82, 2.24) is 0 Å². The average Bonchev–Trinajstić information content (AvgIpc) is 2.93. The molecule has 0 aromatic rings. The van der Waals surface area contributed by atoms with Gasteiger partial charge in [0, 0.05) is 6.61 Å². The second-order valence-electron chi connectivity index (χ2n) is 5.96. The Kier molecular flexibility index (Phi) is 5.80. The molecule has 0 spiro atoms.